The standard InChI is InChI=1S/C15H21N3O3/c1-3-17-9-15(20)18(10-14(17)19)8-11-7-12(16)5-6-13(11)21-4-2/h5-7H,3-4,8-10,16H2,1-2H3. The van der Waals surface area contributed by atoms with Crippen LogP contribution in [0.4, 0.5) is 5.69 Å². The fourth-order valence-corrected chi connectivity index (χ4v) is 2.36. The van der Waals surface area contributed by atoms with Gasteiger partial charge in [-0.1, -0.05) is 0 Å². The normalized spacial score (nSPS) is 15.5. The van der Waals surface area contributed by atoms with Gasteiger partial charge in [0.2, 0.25) is 11.8 Å². The molecule has 114 valence electrons. The van der Waals surface area contributed by atoms with Crippen molar-refractivity contribution < 1.29 is 14.3 Å². The van der Waals surface area contributed by atoms with Crippen LogP contribution in [-0.2, 0) is 16.1 Å². The van der Waals surface area contributed by atoms with Crippen molar-refractivity contribution in [1.82, 2.24) is 9.80 Å². The number of hydrogen-bond donors (Lipinski definition) is 1. The van der Waals surface area contributed by atoms with E-state index in [1.54, 1.807) is 28.0 Å². The van der Waals surface area contributed by atoms with E-state index in [1.807, 2.05) is 13.8 Å². The minimum absolute atomic E-state index is 0.0287. The van der Waals surface area contributed by atoms with Gasteiger partial charge in [0.1, 0.15) is 12.3 Å². The number of nitrogens with zero attached hydrogens (tertiary/aromatic N) is 2. The van der Waals surface area contributed by atoms with Crippen molar-refractivity contribution in [3.05, 3.63) is 23.8 Å². The molecule has 6 heteroatoms. The van der Waals surface area contributed by atoms with Crippen molar-refractivity contribution in [2.45, 2.75) is 20.4 Å². The summed E-state index contributed by atoms with van der Waals surface area (Å²) in [4.78, 5) is 27.2. The maximum Gasteiger partial charge on any atom is 0.242 e. The lowest BCUT2D eigenvalue weighted by Crippen LogP contribution is -2.53. The van der Waals surface area contributed by atoms with Crippen LogP contribution in [0.25, 0.3) is 0 Å². The van der Waals surface area contributed by atoms with Crippen LogP contribution in [0.5, 0.6) is 5.75 Å². The van der Waals surface area contributed by atoms with Crippen molar-refractivity contribution in [3.8, 4) is 5.75 Å². The largest absolute Gasteiger partial charge is 0.494 e. The van der Waals surface area contributed by atoms with Crippen LogP contribution in [0.2, 0.25) is 0 Å². The number of amides is 2. The van der Waals surface area contributed by atoms with Gasteiger partial charge < -0.3 is 20.3 Å². The van der Waals surface area contributed by atoms with E-state index in [0.717, 1.165) is 5.56 Å². The van der Waals surface area contributed by atoms with E-state index < -0.39 is 0 Å². The smallest absolute Gasteiger partial charge is 0.242 e. The van der Waals surface area contributed by atoms with E-state index in [9.17, 15) is 9.59 Å². The van der Waals surface area contributed by atoms with E-state index in [0.29, 0.717) is 31.1 Å². The second-order valence-electron chi connectivity index (χ2n) is 4.96. The molecule has 6 nitrogen and oxygen atoms in total. The fourth-order valence-electron chi connectivity index (χ4n) is 2.36. The third kappa shape index (κ3) is 3.45. The molecule has 0 aliphatic carbocycles. The third-order valence-corrected chi connectivity index (χ3v) is 3.48. The highest BCUT2D eigenvalue weighted by Crippen LogP contribution is 2.24. The van der Waals surface area contributed by atoms with Crippen LogP contribution in [-0.4, -0.2) is 47.9 Å². The van der Waals surface area contributed by atoms with Crippen LogP contribution in [0, 0.1) is 0 Å². The summed E-state index contributed by atoms with van der Waals surface area (Å²) in [7, 11) is 0. The number of hydrogen-bond acceptors (Lipinski definition) is 4. The van der Waals surface area contributed by atoms with Crippen molar-refractivity contribution in [2.75, 3.05) is 32.0 Å². The lowest BCUT2D eigenvalue weighted by molar-refractivity contribution is -0.150. The van der Waals surface area contributed by atoms with Gasteiger partial charge in [0, 0.05) is 24.3 Å². The number of rotatable bonds is 5. The summed E-state index contributed by atoms with van der Waals surface area (Å²) in [6.45, 7) is 5.44. The predicted octanol–water partition coefficient (Wildman–Crippen LogP) is 0.858. The first-order valence-corrected chi connectivity index (χ1v) is 7.11. The Kier molecular flexibility index (Phi) is 4.67. The molecule has 0 saturated carbocycles. The molecule has 2 rings (SSSR count). The molecule has 1 saturated heterocycles. The summed E-state index contributed by atoms with van der Waals surface area (Å²) in [5.41, 5.74) is 7.23. The van der Waals surface area contributed by atoms with Gasteiger partial charge in [-0.2, -0.15) is 0 Å². The number of ether oxygens (including phenoxy) is 1. The number of anilines is 1. The first-order chi connectivity index (χ1) is 10.0. The second kappa shape index (κ2) is 6.47. The monoisotopic (exact) mass is 291 g/mol. The average Bonchev–Trinajstić information content (AvgIpc) is 2.45. The SMILES string of the molecule is CCOc1ccc(N)cc1CN1CC(=O)N(CC)CC1=O. The molecule has 2 N–H and O–H groups in total. The molecule has 2 amide bonds. The number of nitrogen functional groups attached to an aromatic ring is 1. The van der Waals surface area contributed by atoms with E-state index in [2.05, 4.69) is 0 Å². The van der Waals surface area contributed by atoms with E-state index in [-0.39, 0.29) is 24.9 Å². The Balaban J connectivity index is 2.16. The number of nitrogens with two attached hydrogens (primary N) is 1. The summed E-state index contributed by atoms with van der Waals surface area (Å²) in [6.07, 6.45) is 0. The van der Waals surface area contributed by atoms with Crippen molar-refractivity contribution in [2.24, 2.45) is 0 Å². The summed E-state index contributed by atoms with van der Waals surface area (Å²) in [6, 6.07) is 5.34. The Morgan fingerprint density at radius 3 is 2.48 bits per heavy atom. The Hall–Kier alpha value is -2.24. The maximum absolute atomic E-state index is 12.1. The van der Waals surface area contributed by atoms with Gasteiger partial charge >= 0.3 is 0 Å². The molecular weight excluding hydrogens is 270 g/mol. The first-order valence-electron chi connectivity index (χ1n) is 7.11. The van der Waals surface area contributed by atoms with Gasteiger partial charge in [-0.3, -0.25) is 9.59 Å². The van der Waals surface area contributed by atoms with E-state index in [1.165, 1.54) is 0 Å². The molecule has 0 bridgehead atoms. The molecular formula is C15H21N3O3. The highest BCUT2D eigenvalue weighted by molar-refractivity contribution is 5.92. The lowest BCUT2D eigenvalue weighted by Gasteiger charge is -2.33. The summed E-state index contributed by atoms with van der Waals surface area (Å²) in [5.74, 6) is 0.616. The van der Waals surface area contributed by atoms with Crippen LogP contribution in [0.1, 0.15) is 19.4 Å². The first kappa shape index (κ1) is 15.2. The van der Waals surface area contributed by atoms with Crippen molar-refractivity contribution in [3.63, 3.8) is 0 Å². The Bertz CT molecular complexity index is 545. The number of benzene rings is 1. The quantitative estimate of drug-likeness (QED) is 0.816. The van der Waals surface area contributed by atoms with Gasteiger partial charge in [0.15, 0.2) is 0 Å². The van der Waals surface area contributed by atoms with Gasteiger partial charge in [-0.05, 0) is 32.0 Å². The van der Waals surface area contributed by atoms with E-state index in [4.69, 9.17) is 10.5 Å². The number of likely N-dealkylation sites (N-methyl/N-ethyl adjacent to an activating group) is 1. The molecule has 21 heavy (non-hydrogen) atoms. The zero-order chi connectivity index (χ0) is 15.4. The molecule has 1 heterocycles. The zero-order valence-corrected chi connectivity index (χ0v) is 12.5. The van der Waals surface area contributed by atoms with Crippen LogP contribution < -0.4 is 10.5 Å². The Morgan fingerprint density at radius 2 is 1.81 bits per heavy atom. The average molecular weight is 291 g/mol. The summed E-state index contributed by atoms with van der Waals surface area (Å²) < 4.78 is 5.55. The highest BCUT2D eigenvalue weighted by Gasteiger charge is 2.29. The highest BCUT2D eigenvalue weighted by atomic mass is 16.5. The second-order valence-corrected chi connectivity index (χ2v) is 4.96. The number of carbonyl (C=O) groups is 2. The molecule has 1 fully saturated rings. The van der Waals surface area contributed by atoms with Gasteiger partial charge in [0.05, 0.1) is 13.2 Å². The number of piperazine rings is 1. The van der Waals surface area contributed by atoms with Gasteiger partial charge in [-0.15, -0.1) is 0 Å². The maximum atomic E-state index is 12.1. The molecule has 0 aromatic heterocycles. The molecule has 0 radical (unpaired) electrons. The summed E-state index contributed by atoms with van der Waals surface area (Å²) in [5, 5.41) is 0. The minimum atomic E-state index is -0.0543. The molecule has 1 aliphatic heterocycles. The number of carbonyl (C=O) groups excluding carboxylic acids is 2. The molecule has 1 aromatic rings. The predicted molar refractivity (Wildman–Crippen MR) is 79.7 cm³/mol. The minimum Gasteiger partial charge on any atom is -0.494 e. The molecule has 0 spiro atoms. The lowest BCUT2D eigenvalue weighted by atomic mass is 10.1. The summed E-state index contributed by atoms with van der Waals surface area (Å²) >= 11 is 0. The van der Waals surface area contributed by atoms with Crippen LogP contribution in [0.15, 0.2) is 18.2 Å². The molecule has 1 aliphatic rings. The van der Waals surface area contributed by atoms with E-state index >= 15 is 0 Å². The van der Waals surface area contributed by atoms with Crippen LogP contribution in [0.3, 0.4) is 0 Å². The fraction of sp³-hybridized carbons (Fsp3) is 0.467. The third-order valence-electron chi connectivity index (χ3n) is 3.48. The van der Waals surface area contributed by atoms with Gasteiger partial charge in [-0.25, -0.2) is 0 Å². The molecule has 0 atom stereocenters. The van der Waals surface area contributed by atoms with Gasteiger partial charge in [0.25, 0.3) is 0 Å². The Labute approximate surface area is 124 Å². The van der Waals surface area contributed by atoms with Crippen molar-refractivity contribution in [1.29, 1.82) is 0 Å². The van der Waals surface area contributed by atoms with Crippen LogP contribution >= 0.6 is 0 Å². The molecule has 1 aromatic carbocycles. The topological polar surface area (TPSA) is 75.9 Å². The van der Waals surface area contributed by atoms with Crippen molar-refractivity contribution >= 4 is 17.5 Å². The molecule has 0 unspecified atom stereocenters. The Morgan fingerprint density at radius 1 is 1.14 bits per heavy atom. The zero-order valence-electron chi connectivity index (χ0n) is 12.5.